The van der Waals surface area contributed by atoms with Crippen LogP contribution in [0.4, 0.5) is 0 Å². The molecule has 0 radical (unpaired) electrons. The quantitative estimate of drug-likeness (QED) is 0.562. The van der Waals surface area contributed by atoms with Gasteiger partial charge in [0.15, 0.2) is 0 Å². The van der Waals surface area contributed by atoms with E-state index in [2.05, 4.69) is 9.79 Å². The fraction of sp³-hybridized carbons (Fsp3) is 0.667. The van der Waals surface area contributed by atoms with E-state index in [4.69, 9.17) is 10.1 Å². The highest BCUT2D eigenvalue weighted by atomic mass is 35.5. The van der Waals surface area contributed by atoms with Gasteiger partial charge in [0.1, 0.15) is 0 Å². The zero-order valence-electron chi connectivity index (χ0n) is 6.97. The van der Waals surface area contributed by atoms with Crippen LogP contribution in [-0.4, -0.2) is 26.3 Å². The van der Waals surface area contributed by atoms with Crippen molar-refractivity contribution in [1.82, 2.24) is 5.27 Å². The minimum atomic E-state index is 0. The van der Waals surface area contributed by atoms with Gasteiger partial charge in [-0.05, 0) is 5.27 Å². The molecule has 13 heavy (non-hydrogen) atoms. The Morgan fingerprint density at radius 1 is 1.46 bits per heavy atom. The van der Waals surface area contributed by atoms with Crippen molar-refractivity contribution in [3.05, 3.63) is 11.8 Å². The van der Waals surface area contributed by atoms with Crippen LogP contribution in [0.3, 0.4) is 0 Å². The fourth-order valence-corrected chi connectivity index (χ4v) is 1.13. The molecule has 0 atom stereocenters. The summed E-state index contributed by atoms with van der Waals surface area (Å²) in [5, 5.41) is 12.8. The van der Waals surface area contributed by atoms with Crippen LogP contribution in [0.5, 0.6) is 0 Å². The van der Waals surface area contributed by atoms with E-state index < -0.39 is 0 Å². The van der Waals surface area contributed by atoms with Crippen LogP contribution in [0.1, 0.15) is 0 Å². The van der Waals surface area contributed by atoms with Gasteiger partial charge in [-0.3, -0.25) is 10.4 Å². The molecular weight excluding hydrogens is 196 g/mol. The van der Waals surface area contributed by atoms with Gasteiger partial charge >= 0.3 is 0 Å². The molecule has 0 aliphatic carbocycles. The smallest absolute Gasteiger partial charge is 0.286 e. The van der Waals surface area contributed by atoms with Crippen molar-refractivity contribution in [3.63, 3.8) is 0 Å². The molecule has 6 nitrogen and oxygen atoms in total. The monoisotopic (exact) mass is 206 g/mol. The number of morpholine rings is 1. The lowest BCUT2D eigenvalue weighted by Gasteiger charge is -2.26. The Bertz CT molecular complexity index is 304. The molecule has 1 saturated heterocycles. The molecule has 1 N–H and O–H groups in total. The van der Waals surface area contributed by atoms with E-state index in [-0.39, 0.29) is 18.0 Å². The Labute approximate surface area is 80.9 Å². The molecule has 1 fully saturated rings. The number of halogens is 1. The van der Waals surface area contributed by atoms with Gasteiger partial charge < -0.3 is 9.26 Å². The average molecular weight is 207 g/mol. The van der Waals surface area contributed by atoms with Gasteiger partial charge in [0.05, 0.1) is 13.2 Å². The Morgan fingerprint density at radius 3 is 2.69 bits per heavy atom. The molecule has 0 bridgehead atoms. The van der Waals surface area contributed by atoms with Gasteiger partial charge in [-0.25, -0.2) is 0 Å². The minimum absolute atomic E-state index is 0. The maximum Gasteiger partial charge on any atom is 0.286 e. The molecule has 7 heteroatoms. The van der Waals surface area contributed by atoms with Crippen LogP contribution in [0.15, 0.2) is 10.7 Å². The number of aromatic nitrogens is 2. The first-order valence-corrected chi connectivity index (χ1v) is 3.79. The maximum absolute atomic E-state index is 7.13. The van der Waals surface area contributed by atoms with Gasteiger partial charge in [-0.1, -0.05) is 4.79 Å². The van der Waals surface area contributed by atoms with E-state index in [1.54, 1.807) is 4.79 Å². The summed E-state index contributed by atoms with van der Waals surface area (Å²) < 4.78 is 9.78. The van der Waals surface area contributed by atoms with E-state index in [9.17, 15) is 0 Å². The third kappa shape index (κ3) is 2.22. The molecule has 2 heterocycles. The van der Waals surface area contributed by atoms with E-state index in [1.165, 1.54) is 6.20 Å². The molecule has 0 aromatic carbocycles. The van der Waals surface area contributed by atoms with Crippen molar-refractivity contribution >= 4 is 12.4 Å². The SMILES string of the molecule is Cl.N=c1c[n+](N2CCOCC2)[n-]o1. The van der Waals surface area contributed by atoms with Crippen LogP contribution in [-0.2, 0) is 4.74 Å². The summed E-state index contributed by atoms with van der Waals surface area (Å²) in [7, 11) is 0. The lowest BCUT2D eigenvalue weighted by Crippen LogP contribution is -2.63. The topological polar surface area (TPSA) is 67.4 Å². The summed E-state index contributed by atoms with van der Waals surface area (Å²) in [4.78, 5) is 1.55. The van der Waals surface area contributed by atoms with Gasteiger partial charge in [-0.2, -0.15) is 0 Å². The molecular formula is C6H11ClN4O2. The molecule has 1 aromatic rings. The van der Waals surface area contributed by atoms with Crippen molar-refractivity contribution in [2.45, 2.75) is 0 Å². The van der Waals surface area contributed by atoms with E-state index >= 15 is 0 Å². The van der Waals surface area contributed by atoms with E-state index in [0.717, 1.165) is 13.1 Å². The summed E-state index contributed by atoms with van der Waals surface area (Å²) in [5.74, 6) is 0. The number of hydrogen-bond donors (Lipinski definition) is 1. The number of rotatable bonds is 1. The summed E-state index contributed by atoms with van der Waals surface area (Å²) in [6.45, 7) is 2.98. The molecule has 74 valence electrons. The largest absolute Gasteiger partial charge is 0.381 e. The van der Waals surface area contributed by atoms with Crippen molar-refractivity contribution in [2.24, 2.45) is 0 Å². The minimum Gasteiger partial charge on any atom is -0.381 e. The van der Waals surface area contributed by atoms with Crippen LogP contribution in [0.25, 0.3) is 0 Å². The summed E-state index contributed by atoms with van der Waals surface area (Å²) in [6, 6.07) is 0. The Morgan fingerprint density at radius 2 is 2.15 bits per heavy atom. The zero-order valence-corrected chi connectivity index (χ0v) is 7.79. The highest BCUT2D eigenvalue weighted by Gasteiger charge is 2.11. The maximum atomic E-state index is 7.13. The van der Waals surface area contributed by atoms with Gasteiger partial charge in [0, 0.05) is 13.1 Å². The lowest BCUT2D eigenvalue weighted by atomic mass is 10.5. The zero-order chi connectivity index (χ0) is 8.39. The predicted molar refractivity (Wildman–Crippen MR) is 44.1 cm³/mol. The van der Waals surface area contributed by atoms with Crippen LogP contribution in [0, 0.1) is 5.41 Å². The molecule has 0 saturated carbocycles. The van der Waals surface area contributed by atoms with Crippen molar-refractivity contribution in [2.75, 3.05) is 31.3 Å². The van der Waals surface area contributed by atoms with Gasteiger partial charge in [-0.15, -0.1) is 12.4 Å². The third-order valence-corrected chi connectivity index (χ3v) is 1.73. The lowest BCUT2D eigenvalue weighted by molar-refractivity contribution is -0.765. The van der Waals surface area contributed by atoms with Crippen molar-refractivity contribution < 1.29 is 14.1 Å². The number of nitrogens with zero attached hydrogens (tertiary/aromatic N) is 3. The van der Waals surface area contributed by atoms with Crippen LogP contribution >= 0.6 is 12.4 Å². The number of ether oxygens (including phenoxy) is 1. The standard InChI is InChI=1S/C6H10N4O2.ClH/c7-6-5-10(8-12-6)9-1-3-11-4-2-9;/h5,7H,1-4H2;1H. The number of nitrogens with one attached hydrogen (secondary N) is 1. The second-order valence-corrected chi connectivity index (χ2v) is 2.55. The molecule has 1 aliphatic heterocycles. The summed E-state index contributed by atoms with van der Waals surface area (Å²) in [6.07, 6.45) is 1.53. The Balaban J connectivity index is 0.000000845. The second kappa shape index (κ2) is 4.29. The van der Waals surface area contributed by atoms with Gasteiger partial charge in [0.25, 0.3) is 11.8 Å². The molecule has 1 aromatic heterocycles. The third-order valence-electron chi connectivity index (χ3n) is 1.73. The molecule has 0 unspecified atom stereocenters. The van der Waals surface area contributed by atoms with E-state index in [1.807, 2.05) is 5.01 Å². The molecule has 2 rings (SSSR count). The van der Waals surface area contributed by atoms with Crippen molar-refractivity contribution in [3.8, 4) is 0 Å². The predicted octanol–water partition coefficient (Wildman–Crippen LogP) is -1.61. The Kier molecular flexibility index (Phi) is 3.32. The number of hydrogen-bond acceptors (Lipinski definition) is 4. The highest BCUT2D eigenvalue weighted by Crippen LogP contribution is 1.87. The van der Waals surface area contributed by atoms with Crippen molar-refractivity contribution in [1.29, 1.82) is 5.41 Å². The molecule has 0 spiro atoms. The first kappa shape index (κ1) is 10.1. The fourth-order valence-electron chi connectivity index (χ4n) is 1.13. The normalized spacial score (nSPS) is 16.8. The first-order valence-electron chi connectivity index (χ1n) is 3.79. The second-order valence-electron chi connectivity index (χ2n) is 2.55. The highest BCUT2D eigenvalue weighted by molar-refractivity contribution is 5.85. The first-order chi connectivity index (χ1) is 5.86. The van der Waals surface area contributed by atoms with Crippen LogP contribution in [0.2, 0.25) is 0 Å². The van der Waals surface area contributed by atoms with Crippen LogP contribution < -0.4 is 20.6 Å². The van der Waals surface area contributed by atoms with E-state index in [0.29, 0.717) is 13.2 Å². The summed E-state index contributed by atoms with van der Waals surface area (Å²) >= 11 is 0. The Hall–Kier alpha value is -1.01. The van der Waals surface area contributed by atoms with Gasteiger partial charge in [0.2, 0.25) is 0 Å². The molecule has 0 amide bonds. The average Bonchev–Trinajstić information content (AvgIpc) is 2.54. The molecule has 1 aliphatic rings. The summed E-state index contributed by atoms with van der Waals surface area (Å²) in [5.41, 5.74) is 0.0708.